The highest BCUT2D eigenvalue weighted by molar-refractivity contribution is 5.85. The van der Waals surface area contributed by atoms with E-state index in [0.717, 1.165) is 38.6 Å². The molecule has 0 aliphatic heterocycles. The number of rotatable bonds is 6. The molecule has 1 N–H and O–H groups in total. The maximum Gasteiger partial charge on any atom is 0.308 e. The first-order valence-electron chi connectivity index (χ1n) is 7.64. The summed E-state index contributed by atoms with van der Waals surface area (Å²) in [6.07, 6.45) is 6.40. The average molecular weight is 312 g/mol. The molecule has 2 rings (SSSR count). The van der Waals surface area contributed by atoms with Crippen LogP contribution in [0.1, 0.15) is 37.7 Å². The normalized spacial score (nSPS) is 21.4. The molecule has 0 radical (unpaired) electrons. The Labute approximate surface area is 133 Å². The molecule has 0 spiro atoms. The van der Waals surface area contributed by atoms with Crippen LogP contribution in [0.15, 0.2) is 30.3 Å². The zero-order valence-corrected chi connectivity index (χ0v) is 13.5. The molecule has 0 heterocycles. The Bertz CT molecular complexity index is 403. The van der Waals surface area contributed by atoms with Crippen LogP contribution in [0.25, 0.3) is 0 Å². The smallest absolute Gasteiger partial charge is 0.308 e. The van der Waals surface area contributed by atoms with E-state index in [2.05, 4.69) is 35.6 Å². The molecule has 1 saturated carbocycles. The molecule has 1 fully saturated rings. The highest BCUT2D eigenvalue weighted by atomic mass is 35.5. The zero-order valence-electron chi connectivity index (χ0n) is 12.7. The molecule has 0 amide bonds. The lowest BCUT2D eigenvalue weighted by Crippen LogP contribution is -2.35. The van der Waals surface area contributed by atoms with Gasteiger partial charge in [-0.2, -0.15) is 0 Å². The fraction of sp³-hybridized carbons (Fsp3) is 0.588. The van der Waals surface area contributed by atoms with Gasteiger partial charge in [0.15, 0.2) is 0 Å². The van der Waals surface area contributed by atoms with Crippen LogP contribution in [0.4, 0.5) is 0 Å². The second kappa shape index (κ2) is 9.80. The van der Waals surface area contributed by atoms with Crippen molar-refractivity contribution >= 4 is 18.4 Å². The van der Waals surface area contributed by atoms with Crippen LogP contribution in [0, 0.1) is 5.92 Å². The van der Waals surface area contributed by atoms with Crippen LogP contribution in [-0.2, 0) is 16.0 Å². The summed E-state index contributed by atoms with van der Waals surface area (Å²) < 4.78 is 4.81. The van der Waals surface area contributed by atoms with Gasteiger partial charge in [0.25, 0.3) is 0 Å². The lowest BCUT2D eigenvalue weighted by Gasteiger charge is -2.27. The largest absolute Gasteiger partial charge is 0.469 e. The summed E-state index contributed by atoms with van der Waals surface area (Å²) in [5.74, 6) is 0.0925. The molecule has 118 valence electrons. The van der Waals surface area contributed by atoms with E-state index in [1.165, 1.54) is 19.1 Å². The fourth-order valence-electron chi connectivity index (χ4n) is 2.94. The van der Waals surface area contributed by atoms with Gasteiger partial charge in [-0.05, 0) is 50.6 Å². The zero-order chi connectivity index (χ0) is 14.2. The third-order valence-electron chi connectivity index (χ3n) is 4.18. The summed E-state index contributed by atoms with van der Waals surface area (Å²) in [6, 6.07) is 11.2. The molecule has 1 aliphatic rings. The highest BCUT2D eigenvalue weighted by Gasteiger charge is 2.26. The van der Waals surface area contributed by atoms with Crippen LogP contribution >= 0.6 is 12.4 Å². The summed E-state index contributed by atoms with van der Waals surface area (Å²) in [6.45, 7) is 1.06. The van der Waals surface area contributed by atoms with Crippen molar-refractivity contribution in [3.63, 3.8) is 0 Å². The van der Waals surface area contributed by atoms with Gasteiger partial charge in [0.1, 0.15) is 0 Å². The molecule has 0 bridgehead atoms. The summed E-state index contributed by atoms with van der Waals surface area (Å²) in [4.78, 5) is 11.4. The molecule has 1 aromatic rings. The van der Waals surface area contributed by atoms with Gasteiger partial charge in [-0.15, -0.1) is 12.4 Å². The molecule has 0 atom stereocenters. The number of nitrogens with one attached hydrogen (secondary N) is 1. The first-order valence-corrected chi connectivity index (χ1v) is 7.64. The maximum absolute atomic E-state index is 11.4. The Hall–Kier alpha value is -1.06. The van der Waals surface area contributed by atoms with Crippen LogP contribution in [-0.4, -0.2) is 25.7 Å². The molecule has 1 aliphatic carbocycles. The summed E-state index contributed by atoms with van der Waals surface area (Å²) in [7, 11) is 1.48. The lowest BCUT2D eigenvalue weighted by atomic mass is 9.86. The number of halogens is 1. The van der Waals surface area contributed by atoms with Crippen LogP contribution < -0.4 is 5.32 Å². The van der Waals surface area contributed by atoms with E-state index in [1.807, 2.05) is 0 Å². The second-order valence-electron chi connectivity index (χ2n) is 5.61. The van der Waals surface area contributed by atoms with Gasteiger partial charge in [0.2, 0.25) is 0 Å². The van der Waals surface area contributed by atoms with Gasteiger partial charge in [0, 0.05) is 6.04 Å². The number of ether oxygens (including phenoxy) is 1. The van der Waals surface area contributed by atoms with E-state index in [-0.39, 0.29) is 24.3 Å². The van der Waals surface area contributed by atoms with Gasteiger partial charge >= 0.3 is 5.97 Å². The number of methoxy groups -OCH3 is 1. The van der Waals surface area contributed by atoms with Crippen LogP contribution in [0.3, 0.4) is 0 Å². The molecule has 4 heteroatoms. The third kappa shape index (κ3) is 6.06. The maximum atomic E-state index is 11.4. The number of carbonyl (C=O) groups is 1. The Kier molecular flexibility index (Phi) is 8.40. The Balaban J connectivity index is 0.00000220. The van der Waals surface area contributed by atoms with Crippen molar-refractivity contribution in [3.8, 4) is 0 Å². The summed E-state index contributed by atoms with van der Waals surface area (Å²) >= 11 is 0. The Morgan fingerprint density at radius 3 is 2.48 bits per heavy atom. The number of hydrogen-bond acceptors (Lipinski definition) is 3. The molecular formula is C17H26ClNO2. The van der Waals surface area contributed by atoms with Gasteiger partial charge in [0.05, 0.1) is 13.0 Å². The third-order valence-corrected chi connectivity index (χ3v) is 4.18. The lowest BCUT2D eigenvalue weighted by molar-refractivity contribution is -0.146. The monoisotopic (exact) mass is 311 g/mol. The summed E-state index contributed by atoms with van der Waals surface area (Å²) in [5, 5.41) is 3.62. The Morgan fingerprint density at radius 2 is 1.86 bits per heavy atom. The minimum atomic E-state index is -0.0347. The second-order valence-corrected chi connectivity index (χ2v) is 5.61. The SMILES string of the molecule is COC(=O)C1CCC(NCCCc2ccccc2)CC1.Cl. The molecule has 21 heavy (non-hydrogen) atoms. The average Bonchev–Trinajstić information content (AvgIpc) is 2.52. The van der Waals surface area contributed by atoms with E-state index in [0.29, 0.717) is 6.04 Å². The van der Waals surface area contributed by atoms with Crippen molar-refractivity contribution in [2.75, 3.05) is 13.7 Å². The summed E-state index contributed by atoms with van der Waals surface area (Å²) in [5.41, 5.74) is 1.41. The van der Waals surface area contributed by atoms with Crippen molar-refractivity contribution in [3.05, 3.63) is 35.9 Å². The number of hydrogen-bond donors (Lipinski definition) is 1. The van der Waals surface area contributed by atoms with Crippen LogP contribution in [0.5, 0.6) is 0 Å². The Morgan fingerprint density at radius 1 is 1.19 bits per heavy atom. The molecule has 1 aromatic carbocycles. The van der Waals surface area contributed by atoms with Gasteiger partial charge in [-0.3, -0.25) is 4.79 Å². The highest BCUT2D eigenvalue weighted by Crippen LogP contribution is 2.25. The first kappa shape index (κ1) is 18.0. The fourth-order valence-corrected chi connectivity index (χ4v) is 2.94. The van der Waals surface area contributed by atoms with Crippen LogP contribution in [0.2, 0.25) is 0 Å². The predicted octanol–water partition coefficient (Wildman–Crippen LogP) is 3.36. The molecule has 0 aromatic heterocycles. The number of aryl methyl sites for hydroxylation is 1. The van der Waals surface area contributed by atoms with E-state index in [1.54, 1.807) is 0 Å². The number of esters is 1. The van der Waals surface area contributed by atoms with Crippen molar-refractivity contribution in [2.45, 2.75) is 44.6 Å². The minimum Gasteiger partial charge on any atom is -0.469 e. The molecule has 0 saturated heterocycles. The van der Waals surface area contributed by atoms with Gasteiger partial charge in [-0.25, -0.2) is 0 Å². The number of benzene rings is 1. The van der Waals surface area contributed by atoms with E-state index in [4.69, 9.17) is 4.74 Å². The minimum absolute atomic E-state index is 0. The van der Waals surface area contributed by atoms with E-state index >= 15 is 0 Å². The first-order chi connectivity index (χ1) is 9.79. The quantitative estimate of drug-likeness (QED) is 0.646. The molecule has 3 nitrogen and oxygen atoms in total. The van der Waals surface area contributed by atoms with Crippen molar-refractivity contribution in [1.82, 2.24) is 5.32 Å². The van der Waals surface area contributed by atoms with E-state index in [9.17, 15) is 4.79 Å². The standard InChI is InChI=1S/C17H25NO2.ClH/c1-20-17(19)15-9-11-16(12-10-15)18-13-5-8-14-6-3-2-4-7-14;/h2-4,6-7,15-16,18H,5,8-13H2,1H3;1H. The topological polar surface area (TPSA) is 38.3 Å². The van der Waals surface area contributed by atoms with E-state index < -0.39 is 0 Å². The van der Waals surface area contributed by atoms with Crippen molar-refractivity contribution in [1.29, 1.82) is 0 Å². The van der Waals surface area contributed by atoms with Crippen molar-refractivity contribution in [2.24, 2.45) is 5.92 Å². The number of carbonyl (C=O) groups excluding carboxylic acids is 1. The molecular weight excluding hydrogens is 286 g/mol. The van der Waals surface area contributed by atoms with Gasteiger partial charge < -0.3 is 10.1 Å². The van der Waals surface area contributed by atoms with Crippen molar-refractivity contribution < 1.29 is 9.53 Å². The molecule has 0 unspecified atom stereocenters. The predicted molar refractivity (Wildman–Crippen MR) is 87.8 cm³/mol. The van der Waals surface area contributed by atoms with Gasteiger partial charge in [-0.1, -0.05) is 30.3 Å².